The van der Waals surface area contributed by atoms with Gasteiger partial charge in [-0.1, -0.05) is 0 Å². The Hall–Kier alpha value is -7.52. The molecule has 0 unspecified atom stereocenters. The average molecular weight is 1270 g/mol. The molecular formula is C57H71F4N7O17S2. The monoisotopic (exact) mass is 1270 g/mol. The van der Waals surface area contributed by atoms with Crippen LogP contribution in [-0.2, 0) is 72.2 Å². The Labute approximate surface area is 501 Å². The van der Waals surface area contributed by atoms with E-state index < -0.39 is 78.4 Å². The van der Waals surface area contributed by atoms with E-state index in [2.05, 4.69) is 14.7 Å². The molecule has 0 spiro atoms. The lowest BCUT2D eigenvalue weighted by molar-refractivity contribution is -0.129. The molecule has 0 aliphatic heterocycles. The van der Waals surface area contributed by atoms with E-state index >= 15 is 0 Å². The molecule has 0 fully saturated rings. The summed E-state index contributed by atoms with van der Waals surface area (Å²) in [6.07, 6.45) is 3.88. The summed E-state index contributed by atoms with van der Waals surface area (Å²) in [6.45, 7) is 5.00. The summed E-state index contributed by atoms with van der Waals surface area (Å²) in [5, 5.41) is 0. The summed E-state index contributed by atoms with van der Waals surface area (Å²) in [5.74, 6) is -8.91. The fourth-order valence-electron chi connectivity index (χ4n) is 7.24. The van der Waals surface area contributed by atoms with Gasteiger partial charge in [0.25, 0.3) is 11.8 Å². The Morgan fingerprint density at radius 1 is 0.483 bits per heavy atom. The number of nitrogens with two attached hydrogens (primary N) is 4. The number of hydrogen-bond donors (Lipinski definition) is 5. The minimum Gasteiger partial charge on any atom is -0.451 e. The van der Waals surface area contributed by atoms with Crippen molar-refractivity contribution in [1.82, 2.24) is 4.72 Å². The van der Waals surface area contributed by atoms with Crippen LogP contribution in [0.5, 0.6) is 23.0 Å². The SMILES string of the molecule is C/C(=C\c1cc(F)c(Oc2ccc(S(=O)(=O)CCCOCCOCCOCCCC(=O)COCC(=O)CCCOCCOCCOCCNS(=O)(=O)c3ccc(Oc4c(F)cc(/C=C(\C)C(=O)N=C(N)N)cc4F)cc3)cc2)c(F)c1)C(=O)N=C(N)N. The van der Waals surface area contributed by atoms with E-state index in [4.69, 9.17) is 65.6 Å². The van der Waals surface area contributed by atoms with Crippen molar-refractivity contribution < 1.29 is 96.2 Å². The molecule has 0 saturated heterocycles. The zero-order chi connectivity index (χ0) is 63.8. The normalized spacial score (nSPS) is 12.0. The van der Waals surface area contributed by atoms with E-state index in [0.29, 0.717) is 26.1 Å². The first-order chi connectivity index (χ1) is 41.4. The molecule has 0 saturated carbocycles. The number of sulfonamides is 1. The molecule has 0 aromatic heterocycles. The van der Waals surface area contributed by atoms with Crippen LogP contribution in [0.4, 0.5) is 17.6 Å². The van der Waals surface area contributed by atoms with Crippen molar-refractivity contribution in [1.29, 1.82) is 0 Å². The Bertz CT molecular complexity index is 3010. The summed E-state index contributed by atoms with van der Waals surface area (Å²) in [4.78, 5) is 54.7. The number of rotatable bonds is 42. The van der Waals surface area contributed by atoms with Crippen molar-refractivity contribution in [2.75, 3.05) is 105 Å². The molecule has 0 radical (unpaired) electrons. The molecule has 4 aromatic rings. The second-order valence-electron chi connectivity index (χ2n) is 18.6. The van der Waals surface area contributed by atoms with Gasteiger partial charge in [0.1, 0.15) is 24.7 Å². The zero-order valence-electron chi connectivity index (χ0n) is 47.9. The lowest BCUT2D eigenvalue weighted by Crippen LogP contribution is -2.27. The highest BCUT2D eigenvalue weighted by Gasteiger charge is 2.20. The van der Waals surface area contributed by atoms with Crippen molar-refractivity contribution in [3.05, 3.63) is 118 Å². The predicted octanol–water partition coefficient (Wildman–Crippen LogP) is 5.19. The third-order valence-electron chi connectivity index (χ3n) is 11.4. The standard InChI is InChI=1S/C57H71F4N7O17S2/c1-38(54(71)67-56(62)63)30-40-32-48(58)52(49(59)33-40)84-44-8-12-46(13-9-44)86(73,74)29-5-19-79-23-27-81-25-21-77-17-3-6-42(69)36-83-37-43(70)7-4-18-78-22-26-82-28-24-80-20-16-66-87(75,76)47-14-10-45(11-15-47)85-53-50(60)34-41(35-51(53)61)31-39(2)55(72)68-57(64)65/h8-15,30-35,66H,3-7,16-29,36-37H2,1-2H3,(H4,62,63,67,71)(H4,64,65,68,72)/b38-30+,39-31+. The molecule has 0 atom stereocenters. The van der Waals surface area contributed by atoms with Crippen molar-refractivity contribution in [3.63, 3.8) is 0 Å². The van der Waals surface area contributed by atoms with Crippen LogP contribution >= 0.6 is 0 Å². The second kappa shape index (κ2) is 37.9. The Morgan fingerprint density at radius 3 is 1.21 bits per heavy atom. The Balaban J connectivity index is 0.913. The minimum atomic E-state index is -3.96. The average Bonchev–Trinajstić information content (AvgIpc) is 1.65. The molecule has 24 nitrogen and oxygen atoms in total. The number of Topliss-reactive ketones (excluding diaryl/α,β-unsaturated/α-hetero) is 2. The number of nitrogens with one attached hydrogen (secondary N) is 1. The van der Waals surface area contributed by atoms with Crippen LogP contribution < -0.4 is 37.1 Å². The number of benzene rings is 4. The van der Waals surface area contributed by atoms with Crippen LogP contribution in [0.2, 0.25) is 0 Å². The largest absolute Gasteiger partial charge is 0.451 e. The van der Waals surface area contributed by atoms with Gasteiger partial charge in [0, 0.05) is 50.4 Å². The fraction of sp³-hybridized carbons (Fsp3) is 0.404. The predicted molar refractivity (Wildman–Crippen MR) is 311 cm³/mol. The van der Waals surface area contributed by atoms with Gasteiger partial charge < -0.3 is 65.6 Å². The molecular weight excluding hydrogens is 1190 g/mol. The van der Waals surface area contributed by atoms with Crippen LogP contribution in [0.15, 0.2) is 104 Å². The van der Waals surface area contributed by atoms with Crippen LogP contribution in [0.25, 0.3) is 12.2 Å². The number of sulfone groups is 1. The quantitative estimate of drug-likeness (QED) is 0.0125. The van der Waals surface area contributed by atoms with E-state index in [1.165, 1.54) is 74.5 Å². The number of ketones is 2. The topological polar surface area (TPSA) is 360 Å². The molecule has 0 bridgehead atoms. The van der Waals surface area contributed by atoms with Crippen molar-refractivity contribution >= 4 is 67.3 Å². The fourth-order valence-corrected chi connectivity index (χ4v) is 9.54. The van der Waals surface area contributed by atoms with E-state index in [-0.39, 0.29) is 166 Å². The maximum atomic E-state index is 14.8. The smallest absolute Gasteiger partial charge is 0.275 e. The van der Waals surface area contributed by atoms with Crippen LogP contribution in [0, 0.1) is 23.3 Å². The second-order valence-corrected chi connectivity index (χ2v) is 22.5. The van der Waals surface area contributed by atoms with Gasteiger partial charge in [-0.05, 0) is 129 Å². The summed E-state index contributed by atoms with van der Waals surface area (Å²) >= 11 is 0. The van der Waals surface area contributed by atoms with Crippen LogP contribution in [-0.4, -0.2) is 157 Å². The van der Waals surface area contributed by atoms with Gasteiger partial charge in [-0.25, -0.2) is 39.1 Å². The molecule has 0 aliphatic rings. The van der Waals surface area contributed by atoms with Gasteiger partial charge in [-0.15, -0.1) is 0 Å². The minimum absolute atomic E-state index is 0.00634. The van der Waals surface area contributed by atoms with Gasteiger partial charge in [0.2, 0.25) is 10.0 Å². The molecule has 476 valence electrons. The zero-order valence-corrected chi connectivity index (χ0v) is 49.5. The highest BCUT2D eigenvalue weighted by Crippen LogP contribution is 2.32. The van der Waals surface area contributed by atoms with E-state index in [1.807, 2.05) is 0 Å². The maximum absolute atomic E-state index is 14.8. The Morgan fingerprint density at radius 2 is 0.828 bits per heavy atom. The molecule has 87 heavy (non-hydrogen) atoms. The van der Waals surface area contributed by atoms with Crippen molar-refractivity contribution in [3.8, 4) is 23.0 Å². The van der Waals surface area contributed by atoms with Gasteiger partial charge >= 0.3 is 0 Å². The molecule has 9 N–H and O–H groups in total. The first-order valence-corrected chi connectivity index (χ1v) is 30.1. The van der Waals surface area contributed by atoms with Crippen molar-refractivity contribution in [2.45, 2.75) is 55.7 Å². The number of carbonyl (C=O) groups excluding carboxylic acids is 4. The van der Waals surface area contributed by atoms with Gasteiger partial charge in [0.15, 0.2) is 68.1 Å². The molecule has 30 heteroatoms. The third-order valence-corrected chi connectivity index (χ3v) is 14.7. The van der Waals surface area contributed by atoms with Crippen LogP contribution in [0.3, 0.4) is 0 Å². The number of ether oxygens (including phenoxy) is 9. The van der Waals surface area contributed by atoms with Crippen LogP contribution in [0.1, 0.15) is 57.1 Å². The lowest BCUT2D eigenvalue weighted by Gasteiger charge is -2.11. The highest BCUT2D eigenvalue weighted by atomic mass is 32.2. The van der Waals surface area contributed by atoms with Gasteiger partial charge in [0.05, 0.1) is 75.0 Å². The number of aliphatic imine (C=N–C) groups is 2. The summed E-state index contributed by atoms with van der Waals surface area (Å²) in [7, 11) is -7.67. The highest BCUT2D eigenvalue weighted by molar-refractivity contribution is 7.91. The third kappa shape index (κ3) is 27.8. The first-order valence-electron chi connectivity index (χ1n) is 26.9. The van der Waals surface area contributed by atoms with Gasteiger partial charge in [-0.3, -0.25) is 19.2 Å². The summed E-state index contributed by atoms with van der Waals surface area (Å²) in [6, 6.07) is 13.6. The Kier molecular flexibility index (Phi) is 31.4. The van der Waals surface area contributed by atoms with Gasteiger partial charge in [-0.2, -0.15) is 9.98 Å². The number of hydrogen-bond acceptors (Lipinski definition) is 17. The van der Waals surface area contributed by atoms with Crippen molar-refractivity contribution in [2.24, 2.45) is 32.9 Å². The van der Waals surface area contributed by atoms with E-state index in [9.17, 15) is 53.6 Å². The maximum Gasteiger partial charge on any atom is 0.275 e. The molecule has 4 rings (SSSR count). The number of guanidine groups is 2. The summed E-state index contributed by atoms with van der Waals surface area (Å²) in [5.41, 5.74) is 20.8. The number of nitrogens with zero attached hydrogens (tertiary/aromatic N) is 2. The first kappa shape index (κ1) is 72.0. The number of amides is 2. The van der Waals surface area contributed by atoms with E-state index in [0.717, 1.165) is 24.3 Å². The molecule has 0 heterocycles. The summed E-state index contributed by atoms with van der Waals surface area (Å²) < 4.78 is 161. The lowest BCUT2D eigenvalue weighted by atomic mass is 10.1. The molecule has 2 amide bonds. The number of halogens is 4. The van der Waals surface area contributed by atoms with E-state index in [1.54, 1.807) is 0 Å². The molecule has 4 aromatic carbocycles. The number of carbonyl (C=O) groups is 4. The molecule has 0 aliphatic carbocycles.